The molecule has 0 aromatic heterocycles. The molecule has 3 aromatic carbocycles. The highest BCUT2D eigenvalue weighted by molar-refractivity contribution is 7.93. The van der Waals surface area contributed by atoms with Crippen molar-refractivity contribution in [2.24, 2.45) is 0 Å². The van der Waals surface area contributed by atoms with Gasteiger partial charge in [0.15, 0.2) is 6.61 Å². The molecule has 0 radical (unpaired) electrons. The van der Waals surface area contributed by atoms with Gasteiger partial charge in [-0.3, -0.25) is 4.79 Å². The molecule has 3 aromatic rings. The van der Waals surface area contributed by atoms with Crippen LogP contribution in [0.4, 0.5) is 5.69 Å². The fourth-order valence-corrected chi connectivity index (χ4v) is 5.10. The first kappa shape index (κ1) is 25.4. The molecule has 0 saturated carbocycles. The fraction of sp³-hybridized carbons (Fsp3) is 0.208. The van der Waals surface area contributed by atoms with E-state index in [9.17, 15) is 13.2 Å². The number of hydrogen-bond donors (Lipinski definition) is 0. The van der Waals surface area contributed by atoms with Crippen LogP contribution in [0.1, 0.15) is 25.3 Å². The lowest BCUT2D eigenvalue weighted by Crippen LogP contribution is -2.40. The van der Waals surface area contributed by atoms with E-state index < -0.39 is 22.5 Å². The lowest BCUT2D eigenvalue weighted by molar-refractivity contribution is -0.119. The number of hydrogen-bond acceptors (Lipinski definition) is 4. The molecule has 0 aliphatic rings. The van der Waals surface area contributed by atoms with Gasteiger partial charge in [0.2, 0.25) is 0 Å². The van der Waals surface area contributed by atoms with Crippen LogP contribution in [-0.4, -0.2) is 20.9 Å². The second-order valence-electron chi connectivity index (χ2n) is 7.25. The van der Waals surface area contributed by atoms with Gasteiger partial charge in [0.1, 0.15) is 5.75 Å². The number of nitrogens with zero attached hydrogens (tertiary/aromatic N) is 1. The van der Waals surface area contributed by atoms with E-state index in [-0.39, 0.29) is 21.4 Å². The fourth-order valence-electron chi connectivity index (χ4n) is 3.10. The Morgan fingerprint density at radius 2 is 1.55 bits per heavy atom. The number of anilines is 1. The van der Waals surface area contributed by atoms with Crippen molar-refractivity contribution in [2.45, 2.75) is 31.1 Å². The van der Waals surface area contributed by atoms with Crippen LogP contribution in [0, 0.1) is 0 Å². The molecule has 0 saturated heterocycles. The maximum Gasteiger partial charge on any atom is 0.278 e. The van der Waals surface area contributed by atoms with Gasteiger partial charge < -0.3 is 4.74 Å². The van der Waals surface area contributed by atoms with E-state index in [1.54, 1.807) is 18.2 Å². The van der Waals surface area contributed by atoms with Crippen LogP contribution >= 0.6 is 34.8 Å². The maximum atomic E-state index is 13.4. The summed E-state index contributed by atoms with van der Waals surface area (Å²) in [6, 6.07) is 17.0. The molecule has 0 atom stereocenters. The van der Waals surface area contributed by atoms with Crippen molar-refractivity contribution in [1.82, 2.24) is 0 Å². The molecule has 0 fully saturated rings. The molecule has 33 heavy (non-hydrogen) atoms. The molecular weight excluding hydrogens is 505 g/mol. The minimum atomic E-state index is -4.23. The van der Waals surface area contributed by atoms with Crippen LogP contribution in [0.25, 0.3) is 0 Å². The van der Waals surface area contributed by atoms with Crippen LogP contribution in [-0.2, 0) is 21.2 Å². The largest absolute Gasteiger partial charge is 0.482 e. The molecule has 5 nitrogen and oxygen atoms in total. The first-order valence-corrected chi connectivity index (χ1v) is 12.8. The van der Waals surface area contributed by atoms with Gasteiger partial charge in [0.05, 0.1) is 15.6 Å². The van der Waals surface area contributed by atoms with E-state index in [4.69, 9.17) is 39.5 Å². The molecule has 9 heteroatoms. The Kier molecular flexibility index (Phi) is 8.65. The van der Waals surface area contributed by atoms with Crippen LogP contribution in [0.2, 0.25) is 15.1 Å². The second-order valence-corrected chi connectivity index (χ2v) is 10.3. The number of carbonyl (C=O) groups is 1. The van der Waals surface area contributed by atoms with Crippen molar-refractivity contribution in [2.75, 3.05) is 10.9 Å². The number of ether oxygens (including phenoxy) is 1. The SMILES string of the molecule is CCCCc1ccc(N(C(=O)COc2ccc(Cl)cc2Cl)S(=O)(=O)c2ccc(Cl)cc2)cc1. The smallest absolute Gasteiger partial charge is 0.278 e. The van der Waals surface area contributed by atoms with Crippen molar-refractivity contribution in [3.63, 3.8) is 0 Å². The zero-order chi connectivity index (χ0) is 24.0. The van der Waals surface area contributed by atoms with Crippen molar-refractivity contribution >= 4 is 56.4 Å². The van der Waals surface area contributed by atoms with E-state index in [0.717, 1.165) is 29.1 Å². The third-order valence-corrected chi connectivity index (χ3v) is 7.36. The average Bonchev–Trinajstić information content (AvgIpc) is 2.78. The summed E-state index contributed by atoms with van der Waals surface area (Å²) in [6.07, 6.45) is 2.93. The van der Waals surface area contributed by atoms with Crippen LogP contribution in [0.3, 0.4) is 0 Å². The summed E-state index contributed by atoms with van der Waals surface area (Å²) < 4.78 is 33.1. The third kappa shape index (κ3) is 6.42. The van der Waals surface area contributed by atoms with Crippen LogP contribution in [0.5, 0.6) is 5.75 Å². The number of sulfonamides is 1. The van der Waals surface area contributed by atoms with Gasteiger partial charge in [-0.25, -0.2) is 8.42 Å². The summed E-state index contributed by atoms with van der Waals surface area (Å²) in [5.74, 6) is -0.564. The lowest BCUT2D eigenvalue weighted by atomic mass is 10.1. The molecule has 3 rings (SSSR count). The van der Waals surface area contributed by atoms with Crippen molar-refractivity contribution in [1.29, 1.82) is 0 Å². The van der Waals surface area contributed by atoms with Gasteiger partial charge in [-0.15, -0.1) is 0 Å². The number of carbonyl (C=O) groups excluding carboxylic acids is 1. The molecule has 0 aliphatic carbocycles. The maximum absolute atomic E-state index is 13.4. The van der Waals surface area contributed by atoms with Crippen molar-refractivity contribution < 1.29 is 17.9 Å². The Balaban J connectivity index is 1.93. The quantitative estimate of drug-likeness (QED) is 0.308. The Morgan fingerprint density at radius 3 is 2.15 bits per heavy atom. The molecular formula is C24H22Cl3NO4S. The molecule has 0 spiro atoms. The number of halogens is 3. The van der Waals surface area contributed by atoms with E-state index in [1.165, 1.54) is 36.4 Å². The van der Waals surface area contributed by atoms with E-state index >= 15 is 0 Å². The molecule has 0 bridgehead atoms. The standard InChI is InChI=1S/C24H22Cl3NO4S/c1-2-3-4-17-5-10-20(11-6-17)28(33(30,31)21-12-7-18(25)8-13-21)24(29)16-32-23-14-9-19(26)15-22(23)27/h5-15H,2-4,16H2,1H3. The van der Waals surface area contributed by atoms with E-state index in [2.05, 4.69) is 6.92 Å². The van der Waals surface area contributed by atoms with E-state index in [0.29, 0.717) is 10.0 Å². The number of aryl methyl sites for hydroxylation is 1. The Bertz CT molecular complexity index is 1210. The Hall–Kier alpha value is -2.25. The molecule has 1 amide bonds. The highest BCUT2D eigenvalue weighted by Crippen LogP contribution is 2.29. The predicted octanol–water partition coefficient (Wildman–Crippen LogP) is 6.79. The normalized spacial score (nSPS) is 11.3. The summed E-state index contributed by atoms with van der Waals surface area (Å²) in [5.41, 5.74) is 1.27. The van der Waals surface area contributed by atoms with Gasteiger partial charge in [0.25, 0.3) is 15.9 Å². The molecule has 0 aliphatic heterocycles. The molecule has 0 heterocycles. The highest BCUT2D eigenvalue weighted by Gasteiger charge is 2.31. The van der Waals surface area contributed by atoms with Crippen LogP contribution in [0.15, 0.2) is 71.6 Å². The van der Waals surface area contributed by atoms with Crippen molar-refractivity contribution in [3.05, 3.63) is 87.4 Å². The first-order valence-electron chi connectivity index (χ1n) is 10.2. The highest BCUT2D eigenvalue weighted by atomic mass is 35.5. The third-order valence-electron chi connectivity index (χ3n) is 4.81. The van der Waals surface area contributed by atoms with Gasteiger partial charge in [-0.05, 0) is 73.0 Å². The molecule has 0 N–H and O–H groups in total. The summed E-state index contributed by atoms with van der Waals surface area (Å²) in [6.45, 7) is 1.55. The molecule has 0 unspecified atom stereocenters. The Morgan fingerprint density at radius 1 is 0.909 bits per heavy atom. The topological polar surface area (TPSA) is 63.7 Å². The summed E-state index contributed by atoms with van der Waals surface area (Å²) >= 11 is 17.9. The van der Waals surface area contributed by atoms with Gasteiger partial charge in [-0.2, -0.15) is 4.31 Å². The van der Waals surface area contributed by atoms with Gasteiger partial charge in [0, 0.05) is 10.0 Å². The minimum Gasteiger partial charge on any atom is -0.482 e. The Labute approximate surface area is 208 Å². The van der Waals surface area contributed by atoms with E-state index in [1.807, 2.05) is 12.1 Å². The minimum absolute atomic E-state index is 0.0696. The number of amides is 1. The zero-order valence-corrected chi connectivity index (χ0v) is 20.9. The van der Waals surface area contributed by atoms with Gasteiger partial charge >= 0.3 is 0 Å². The summed E-state index contributed by atoms with van der Waals surface area (Å²) in [5, 5.41) is 1.00. The number of rotatable bonds is 9. The predicted molar refractivity (Wildman–Crippen MR) is 133 cm³/mol. The second kappa shape index (κ2) is 11.3. The first-order chi connectivity index (χ1) is 15.7. The summed E-state index contributed by atoms with van der Waals surface area (Å²) in [7, 11) is -4.23. The zero-order valence-electron chi connectivity index (χ0n) is 17.8. The van der Waals surface area contributed by atoms with Gasteiger partial charge in [-0.1, -0.05) is 60.3 Å². The van der Waals surface area contributed by atoms with Crippen molar-refractivity contribution in [3.8, 4) is 5.75 Å². The molecule has 174 valence electrons. The monoisotopic (exact) mass is 525 g/mol. The number of unbranched alkanes of at least 4 members (excludes halogenated alkanes) is 1. The van der Waals surface area contributed by atoms with Crippen LogP contribution < -0.4 is 9.04 Å². The summed E-state index contributed by atoms with van der Waals surface area (Å²) in [4.78, 5) is 13.1. The number of benzene rings is 3. The lowest BCUT2D eigenvalue weighted by Gasteiger charge is -2.23. The average molecular weight is 527 g/mol.